The fourth-order valence-corrected chi connectivity index (χ4v) is 4.38. The fraction of sp³-hybridized carbons (Fsp3) is 0.786. The van der Waals surface area contributed by atoms with Gasteiger partial charge in [0, 0.05) is 16.8 Å². The third kappa shape index (κ3) is 2.04. The first-order chi connectivity index (χ1) is 8.09. The quantitative estimate of drug-likeness (QED) is 0.866. The molecule has 1 unspecified atom stereocenters. The maximum absolute atomic E-state index is 4.95. The number of rotatable bonds is 2. The Bertz CT molecular complexity index is 418. The summed E-state index contributed by atoms with van der Waals surface area (Å²) in [5.41, 5.74) is 1.78. The van der Waals surface area contributed by atoms with Crippen LogP contribution in [-0.2, 0) is 6.42 Å². The molecule has 3 rings (SSSR count). The van der Waals surface area contributed by atoms with Gasteiger partial charge in [-0.1, -0.05) is 20.3 Å². The van der Waals surface area contributed by atoms with Crippen LogP contribution in [-0.4, -0.2) is 12.0 Å². The Balaban J connectivity index is 1.93. The van der Waals surface area contributed by atoms with Gasteiger partial charge in [-0.05, 0) is 38.1 Å². The zero-order valence-electron chi connectivity index (χ0n) is 11.0. The summed E-state index contributed by atoms with van der Waals surface area (Å²) in [7, 11) is 2.08. The summed E-state index contributed by atoms with van der Waals surface area (Å²) in [5.74, 6) is 0.784. The van der Waals surface area contributed by atoms with Gasteiger partial charge in [0.05, 0.1) is 10.7 Å². The van der Waals surface area contributed by atoms with Crippen LogP contribution in [0.5, 0.6) is 0 Å². The van der Waals surface area contributed by atoms with Crippen LogP contribution in [0.1, 0.15) is 67.1 Å². The van der Waals surface area contributed by atoms with Gasteiger partial charge in [0.25, 0.3) is 0 Å². The molecular weight excluding hydrogens is 228 g/mol. The number of aromatic nitrogens is 1. The second kappa shape index (κ2) is 4.06. The molecule has 1 fully saturated rings. The Kier molecular flexibility index (Phi) is 2.79. The summed E-state index contributed by atoms with van der Waals surface area (Å²) in [5, 5.41) is 4.89. The van der Waals surface area contributed by atoms with E-state index in [9.17, 15) is 0 Å². The number of thiazole rings is 1. The molecule has 3 heteroatoms. The van der Waals surface area contributed by atoms with Gasteiger partial charge in [-0.15, -0.1) is 11.3 Å². The molecule has 94 valence electrons. The molecule has 1 heterocycles. The lowest BCUT2D eigenvalue weighted by Crippen LogP contribution is -2.30. The minimum Gasteiger partial charge on any atom is -0.312 e. The van der Waals surface area contributed by atoms with E-state index in [1.165, 1.54) is 41.3 Å². The molecule has 1 atom stereocenters. The molecule has 2 nitrogen and oxygen atoms in total. The molecule has 2 aliphatic rings. The predicted octanol–water partition coefficient (Wildman–Crippen LogP) is 3.64. The lowest BCUT2D eigenvalue weighted by atomic mass is 9.76. The Morgan fingerprint density at radius 3 is 2.71 bits per heavy atom. The third-order valence-corrected chi connectivity index (χ3v) is 5.64. The second-order valence-electron chi connectivity index (χ2n) is 6.38. The summed E-state index contributed by atoms with van der Waals surface area (Å²) in [4.78, 5) is 6.47. The number of hydrogen-bond donors (Lipinski definition) is 1. The fourth-order valence-electron chi connectivity index (χ4n) is 3.02. The number of fused-ring (bicyclic) bond motifs is 1. The predicted molar refractivity (Wildman–Crippen MR) is 72.6 cm³/mol. The molecule has 1 N–H and O–H groups in total. The Hall–Kier alpha value is -0.410. The van der Waals surface area contributed by atoms with E-state index >= 15 is 0 Å². The van der Waals surface area contributed by atoms with E-state index in [4.69, 9.17) is 4.98 Å². The Morgan fingerprint density at radius 2 is 2.12 bits per heavy atom. The molecule has 1 aromatic heterocycles. The smallest absolute Gasteiger partial charge is 0.0962 e. The van der Waals surface area contributed by atoms with Crippen molar-refractivity contribution in [3.8, 4) is 0 Å². The normalized spacial score (nSPS) is 27.6. The minimum absolute atomic E-state index is 0.394. The highest BCUT2D eigenvalue weighted by Gasteiger charge is 2.35. The van der Waals surface area contributed by atoms with E-state index in [1.807, 2.05) is 11.3 Å². The second-order valence-corrected chi connectivity index (χ2v) is 7.44. The lowest BCUT2D eigenvalue weighted by Gasteiger charge is -2.34. The summed E-state index contributed by atoms with van der Waals surface area (Å²) < 4.78 is 0. The molecular formula is C14H22N2S. The molecule has 0 saturated heterocycles. The van der Waals surface area contributed by atoms with Crippen LogP contribution < -0.4 is 5.32 Å². The van der Waals surface area contributed by atoms with E-state index in [-0.39, 0.29) is 0 Å². The molecule has 0 radical (unpaired) electrons. The van der Waals surface area contributed by atoms with Gasteiger partial charge in [-0.25, -0.2) is 4.98 Å². The van der Waals surface area contributed by atoms with Crippen LogP contribution in [0, 0.1) is 5.41 Å². The van der Waals surface area contributed by atoms with E-state index in [2.05, 4.69) is 26.2 Å². The molecule has 1 aromatic rings. The Morgan fingerprint density at radius 1 is 1.35 bits per heavy atom. The minimum atomic E-state index is 0.394. The van der Waals surface area contributed by atoms with E-state index in [1.54, 1.807) is 0 Å². The van der Waals surface area contributed by atoms with Gasteiger partial charge in [-0.2, -0.15) is 0 Å². The zero-order valence-corrected chi connectivity index (χ0v) is 11.9. The van der Waals surface area contributed by atoms with Crippen molar-refractivity contribution in [1.29, 1.82) is 0 Å². The first-order valence-corrected chi connectivity index (χ1v) is 7.57. The third-order valence-electron chi connectivity index (χ3n) is 4.27. The zero-order chi connectivity index (χ0) is 12.0. The van der Waals surface area contributed by atoms with Crippen molar-refractivity contribution in [3.05, 3.63) is 15.6 Å². The van der Waals surface area contributed by atoms with Crippen LogP contribution in [0.25, 0.3) is 0 Å². The SMILES string of the molecule is CNC1CC(C)(C)Cc2nc(C3CCC3)sc21. The van der Waals surface area contributed by atoms with Crippen LogP contribution in [0.3, 0.4) is 0 Å². The molecule has 17 heavy (non-hydrogen) atoms. The van der Waals surface area contributed by atoms with Gasteiger partial charge >= 0.3 is 0 Å². The molecule has 1 saturated carbocycles. The van der Waals surface area contributed by atoms with Gasteiger partial charge in [0.2, 0.25) is 0 Å². The van der Waals surface area contributed by atoms with Gasteiger partial charge < -0.3 is 5.32 Å². The first-order valence-electron chi connectivity index (χ1n) is 6.76. The number of nitrogens with one attached hydrogen (secondary N) is 1. The molecule has 2 aliphatic carbocycles. The first kappa shape index (κ1) is 11.7. The summed E-state index contributed by atoms with van der Waals surface area (Å²) in [6.07, 6.45) is 6.52. The van der Waals surface area contributed by atoms with Crippen molar-refractivity contribution in [1.82, 2.24) is 10.3 Å². The number of hydrogen-bond acceptors (Lipinski definition) is 3. The van der Waals surface area contributed by atoms with Crippen molar-refractivity contribution >= 4 is 11.3 Å². The van der Waals surface area contributed by atoms with E-state index < -0.39 is 0 Å². The largest absolute Gasteiger partial charge is 0.312 e. The monoisotopic (exact) mass is 250 g/mol. The topological polar surface area (TPSA) is 24.9 Å². The van der Waals surface area contributed by atoms with Crippen molar-refractivity contribution in [2.45, 2.75) is 57.9 Å². The van der Waals surface area contributed by atoms with E-state index in [0.717, 1.165) is 12.3 Å². The van der Waals surface area contributed by atoms with Crippen molar-refractivity contribution < 1.29 is 0 Å². The molecule has 0 amide bonds. The molecule has 0 spiro atoms. The maximum Gasteiger partial charge on any atom is 0.0962 e. The maximum atomic E-state index is 4.95. The highest BCUT2D eigenvalue weighted by atomic mass is 32.1. The van der Waals surface area contributed by atoms with E-state index in [0.29, 0.717) is 11.5 Å². The summed E-state index contributed by atoms with van der Waals surface area (Å²) in [6.45, 7) is 4.73. The van der Waals surface area contributed by atoms with Gasteiger partial charge in [-0.3, -0.25) is 0 Å². The average molecular weight is 250 g/mol. The van der Waals surface area contributed by atoms with Crippen LogP contribution in [0.15, 0.2) is 0 Å². The van der Waals surface area contributed by atoms with Crippen molar-refractivity contribution in [3.63, 3.8) is 0 Å². The standard InChI is InChI=1S/C14H22N2S/c1-14(2)7-10(15-3)12-11(8-14)16-13(17-12)9-5-4-6-9/h9-10,15H,4-8H2,1-3H3. The van der Waals surface area contributed by atoms with Crippen molar-refractivity contribution in [2.24, 2.45) is 5.41 Å². The molecule has 0 aromatic carbocycles. The summed E-state index contributed by atoms with van der Waals surface area (Å²) in [6, 6.07) is 0.528. The molecule has 0 aliphatic heterocycles. The average Bonchev–Trinajstić information content (AvgIpc) is 2.55. The van der Waals surface area contributed by atoms with Gasteiger partial charge in [0.15, 0.2) is 0 Å². The highest BCUT2D eigenvalue weighted by Crippen LogP contribution is 2.46. The van der Waals surface area contributed by atoms with Gasteiger partial charge in [0.1, 0.15) is 0 Å². The molecule has 0 bridgehead atoms. The number of nitrogens with zero attached hydrogens (tertiary/aromatic N) is 1. The van der Waals surface area contributed by atoms with Crippen LogP contribution in [0.4, 0.5) is 0 Å². The van der Waals surface area contributed by atoms with Crippen LogP contribution in [0.2, 0.25) is 0 Å². The van der Waals surface area contributed by atoms with Crippen molar-refractivity contribution in [2.75, 3.05) is 7.05 Å². The lowest BCUT2D eigenvalue weighted by molar-refractivity contribution is 0.264. The highest BCUT2D eigenvalue weighted by molar-refractivity contribution is 7.12. The van der Waals surface area contributed by atoms with Crippen LogP contribution >= 0.6 is 11.3 Å². The summed E-state index contributed by atoms with van der Waals surface area (Å²) >= 11 is 1.98. The Labute approximate surface area is 108 Å².